The Morgan fingerprint density at radius 1 is 0.750 bits per heavy atom. The smallest absolute Gasteiger partial charge is 0.255 e. The molecule has 0 aliphatic carbocycles. The molecule has 3 aromatic rings. The summed E-state index contributed by atoms with van der Waals surface area (Å²) in [5, 5.41) is 15.5. The molecule has 228 valence electrons. The number of amides is 3. The largest absolute Gasteiger partial charge is 0.368 e. The Morgan fingerprint density at radius 2 is 1.36 bits per heavy atom. The molecule has 0 saturated carbocycles. The van der Waals surface area contributed by atoms with Crippen LogP contribution in [0.3, 0.4) is 0 Å². The minimum Gasteiger partial charge on any atom is -0.368 e. The van der Waals surface area contributed by atoms with Crippen molar-refractivity contribution in [2.75, 3.05) is 62.6 Å². The van der Waals surface area contributed by atoms with E-state index < -0.39 is 0 Å². The lowest BCUT2D eigenvalue weighted by atomic mass is 9.86. The monoisotopic (exact) mass is 592 g/mol. The average molecular weight is 593 g/mol. The highest BCUT2D eigenvalue weighted by Gasteiger charge is 2.25. The molecular weight excluding hydrogens is 552 g/mol. The summed E-state index contributed by atoms with van der Waals surface area (Å²) in [5.74, 6) is -0.371. The van der Waals surface area contributed by atoms with E-state index in [1.165, 1.54) is 0 Å². The Bertz CT molecular complexity index is 1550. The van der Waals surface area contributed by atoms with Gasteiger partial charge >= 0.3 is 0 Å². The van der Waals surface area contributed by atoms with Crippen molar-refractivity contribution in [1.29, 1.82) is 5.26 Å². The number of benzene rings is 3. The number of carbonyl (C=O) groups is 3. The fraction of sp³-hybridized carbons (Fsp3) is 0.371. The minimum absolute atomic E-state index is 0.0248. The highest BCUT2D eigenvalue weighted by molar-refractivity contribution is 6.07. The van der Waals surface area contributed by atoms with E-state index in [4.69, 9.17) is 5.26 Å². The van der Waals surface area contributed by atoms with Gasteiger partial charge in [-0.15, -0.1) is 0 Å². The third-order valence-corrected chi connectivity index (χ3v) is 8.29. The van der Waals surface area contributed by atoms with Gasteiger partial charge in [0.25, 0.3) is 17.7 Å². The van der Waals surface area contributed by atoms with Gasteiger partial charge in [-0.05, 0) is 72.0 Å². The molecule has 2 N–H and O–H groups in total. The van der Waals surface area contributed by atoms with Crippen LogP contribution in [0.25, 0.3) is 0 Å². The van der Waals surface area contributed by atoms with E-state index in [0.717, 1.165) is 30.8 Å². The number of nitriles is 1. The van der Waals surface area contributed by atoms with E-state index in [2.05, 4.69) is 42.4 Å². The average Bonchev–Trinajstić information content (AvgIpc) is 3.30. The molecule has 0 spiro atoms. The van der Waals surface area contributed by atoms with Crippen molar-refractivity contribution in [2.45, 2.75) is 32.6 Å². The van der Waals surface area contributed by atoms with E-state index in [1.54, 1.807) is 30.3 Å². The Kier molecular flexibility index (Phi) is 9.31. The zero-order valence-electron chi connectivity index (χ0n) is 25.7. The van der Waals surface area contributed by atoms with Crippen LogP contribution in [0, 0.1) is 11.3 Å². The maximum absolute atomic E-state index is 13.5. The number of hydrogen-bond acceptors (Lipinski definition) is 6. The van der Waals surface area contributed by atoms with Crippen molar-refractivity contribution < 1.29 is 14.4 Å². The lowest BCUT2D eigenvalue weighted by Crippen LogP contribution is -2.46. The van der Waals surface area contributed by atoms with Gasteiger partial charge in [-0.2, -0.15) is 5.26 Å². The molecule has 44 heavy (non-hydrogen) atoms. The summed E-state index contributed by atoms with van der Waals surface area (Å²) < 4.78 is 0. The van der Waals surface area contributed by atoms with E-state index in [1.807, 2.05) is 46.2 Å². The normalized spacial score (nSPS) is 15.7. The molecule has 3 amide bonds. The van der Waals surface area contributed by atoms with Gasteiger partial charge in [0.15, 0.2) is 0 Å². The van der Waals surface area contributed by atoms with Gasteiger partial charge in [-0.25, -0.2) is 0 Å². The summed E-state index contributed by atoms with van der Waals surface area (Å²) in [4.78, 5) is 46.0. The molecule has 0 aromatic heterocycles. The molecule has 5 rings (SSSR count). The van der Waals surface area contributed by atoms with Crippen molar-refractivity contribution in [3.8, 4) is 6.07 Å². The van der Waals surface area contributed by atoms with E-state index in [-0.39, 0.29) is 23.1 Å². The zero-order valence-corrected chi connectivity index (χ0v) is 25.7. The number of piperazine rings is 1. The lowest BCUT2D eigenvalue weighted by molar-refractivity contribution is 0.0734. The molecule has 2 fully saturated rings. The molecule has 2 heterocycles. The van der Waals surface area contributed by atoms with Gasteiger partial charge in [0.2, 0.25) is 0 Å². The highest BCUT2D eigenvalue weighted by atomic mass is 16.2. The van der Waals surface area contributed by atoms with Crippen molar-refractivity contribution in [2.24, 2.45) is 0 Å². The van der Waals surface area contributed by atoms with Crippen LogP contribution >= 0.6 is 0 Å². The van der Waals surface area contributed by atoms with E-state index in [9.17, 15) is 14.4 Å². The topological polar surface area (TPSA) is 109 Å². The van der Waals surface area contributed by atoms with Crippen LogP contribution in [-0.2, 0) is 5.41 Å². The first-order chi connectivity index (χ1) is 21.1. The second-order valence-electron chi connectivity index (χ2n) is 12.4. The molecule has 0 radical (unpaired) electrons. The number of anilines is 2. The van der Waals surface area contributed by atoms with E-state index in [0.29, 0.717) is 67.2 Å². The van der Waals surface area contributed by atoms with Gasteiger partial charge in [-0.3, -0.25) is 14.4 Å². The standard InChI is InChI=1S/C35H40N6O3/c1-35(2,3)29-12-9-26(10-13-29)32(42)38-30-23-28(34(44)41-19-15-37-16-20-41)11-14-31(30)39-17-4-18-40(22-21-39)33(43)27-7-5-25(24-36)6-8-27/h5-14,23,37H,4,15-22H2,1-3H3,(H,38,42). The highest BCUT2D eigenvalue weighted by Crippen LogP contribution is 2.30. The molecule has 3 aromatic carbocycles. The second-order valence-corrected chi connectivity index (χ2v) is 12.4. The number of nitrogens with zero attached hydrogens (tertiary/aromatic N) is 4. The number of rotatable bonds is 5. The molecule has 9 heteroatoms. The van der Waals surface area contributed by atoms with Crippen LogP contribution in [0.15, 0.2) is 66.7 Å². The third-order valence-electron chi connectivity index (χ3n) is 8.29. The predicted octanol–water partition coefficient (Wildman–Crippen LogP) is 4.51. The van der Waals surface area contributed by atoms with Crippen LogP contribution < -0.4 is 15.5 Å². The van der Waals surface area contributed by atoms with Crippen LogP contribution in [0.1, 0.15) is 69.4 Å². The molecule has 2 saturated heterocycles. The van der Waals surface area contributed by atoms with Gasteiger partial charge in [-0.1, -0.05) is 32.9 Å². The Balaban J connectivity index is 1.38. The number of nitrogens with one attached hydrogen (secondary N) is 2. The minimum atomic E-state index is -0.245. The molecular formula is C35H40N6O3. The number of hydrogen-bond donors (Lipinski definition) is 2. The first-order valence-corrected chi connectivity index (χ1v) is 15.2. The molecule has 9 nitrogen and oxygen atoms in total. The summed E-state index contributed by atoms with van der Waals surface area (Å²) in [7, 11) is 0. The molecule has 0 bridgehead atoms. The van der Waals surface area contributed by atoms with Crippen LogP contribution in [-0.4, -0.2) is 79.9 Å². The Hall–Kier alpha value is -4.68. The van der Waals surface area contributed by atoms with Crippen LogP contribution in [0.4, 0.5) is 11.4 Å². The van der Waals surface area contributed by atoms with Gasteiger partial charge in [0.1, 0.15) is 0 Å². The maximum atomic E-state index is 13.5. The van der Waals surface area contributed by atoms with Gasteiger partial charge in [0, 0.05) is 69.0 Å². The van der Waals surface area contributed by atoms with Crippen molar-refractivity contribution >= 4 is 29.1 Å². The first-order valence-electron chi connectivity index (χ1n) is 15.2. The van der Waals surface area contributed by atoms with Crippen molar-refractivity contribution in [3.63, 3.8) is 0 Å². The van der Waals surface area contributed by atoms with Crippen LogP contribution in [0.2, 0.25) is 0 Å². The van der Waals surface area contributed by atoms with Crippen LogP contribution in [0.5, 0.6) is 0 Å². The zero-order chi connectivity index (χ0) is 31.3. The Morgan fingerprint density at radius 3 is 2.02 bits per heavy atom. The summed E-state index contributed by atoms with van der Waals surface area (Å²) in [6, 6.07) is 21.9. The first kappa shape index (κ1) is 30.8. The summed E-state index contributed by atoms with van der Waals surface area (Å²) in [6.07, 6.45) is 0.741. The van der Waals surface area contributed by atoms with Gasteiger partial charge in [0.05, 0.1) is 23.0 Å². The van der Waals surface area contributed by atoms with Crippen molar-refractivity contribution in [3.05, 3.63) is 94.5 Å². The molecule has 2 aliphatic rings. The van der Waals surface area contributed by atoms with Crippen molar-refractivity contribution in [1.82, 2.24) is 15.1 Å². The summed E-state index contributed by atoms with van der Waals surface area (Å²) >= 11 is 0. The summed E-state index contributed by atoms with van der Waals surface area (Å²) in [5.41, 5.74) is 4.64. The maximum Gasteiger partial charge on any atom is 0.255 e. The fourth-order valence-corrected chi connectivity index (χ4v) is 5.64. The quantitative estimate of drug-likeness (QED) is 0.452. The molecule has 0 atom stereocenters. The van der Waals surface area contributed by atoms with E-state index >= 15 is 0 Å². The molecule has 0 unspecified atom stereocenters. The lowest BCUT2D eigenvalue weighted by Gasteiger charge is -2.29. The fourth-order valence-electron chi connectivity index (χ4n) is 5.64. The predicted molar refractivity (Wildman–Crippen MR) is 172 cm³/mol. The Labute approximate surface area is 259 Å². The van der Waals surface area contributed by atoms with Gasteiger partial charge < -0.3 is 25.3 Å². The SMILES string of the molecule is CC(C)(C)c1ccc(C(=O)Nc2cc(C(=O)N3CCNCC3)ccc2N2CCCN(C(=O)c3ccc(C#N)cc3)CC2)cc1. The molecule has 2 aliphatic heterocycles. The summed E-state index contributed by atoms with van der Waals surface area (Å²) in [6.45, 7) is 11.5. The number of carbonyl (C=O) groups excluding carboxylic acids is 3. The second kappa shape index (κ2) is 13.3. The third kappa shape index (κ3) is 7.09.